The number of hydrogen-bond donors (Lipinski definition) is 3. The van der Waals surface area contributed by atoms with Crippen LogP contribution in [-0.2, 0) is 4.79 Å². The van der Waals surface area contributed by atoms with E-state index in [1.807, 2.05) is 0 Å². The minimum Gasteiger partial charge on any atom is -0.496 e. The van der Waals surface area contributed by atoms with Crippen LogP contribution < -0.4 is 21.1 Å². The molecule has 7 heteroatoms. The molecule has 6 nitrogen and oxygen atoms in total. The van der Waals surface area contributed by atoms with Crippen molar-refractivity contribution in [3.8, 4) is 5.75 Å². The first-order valence-electron chi connectivity index (χ1n) is 13.1. The van der Waals surface area contributed by atoms with Gasteiger partial charge in [-0.3, -0.25) is 9.59 Å². The fourth-order valence-corrected chi connectivity index (χ4v) is 3.25. The van der Waals surface area contributed by atoms with Crippen molar-refractivity contribution in [3.63, 3.8) is 0 Å². The van der Waals surface area contributed by atoms with Crippen molar-refractivity contribution in [1.82, 2.24) is 10.6 Å². The number of aldehydes is 1. The first kappa shape index (κ1) is 38.9. The number of ether oxygens (including phenoxy) is 1. The van der Waals surface area contributed by atoms with Crippen LogP contribution in [0.1, 0.15) is 90.9 Å². The zero-order valence-corrected chi connectivity index (χ0v) is 25.1. The Balaban J connectivity index is -0.000000438. The summed E-state index contributed by atoms with van der Waals surface area (Å²) in [4.78, 5) is 21.1. The van der Waals surface area contributed by atoms with Gasteiger partial charge >= 0.3 is 0 Å². The summed E-state index contributed by atoms with van der Waals surface area (Å²) in [6.45, 7) is 19.4. The van der Waals surface area contributed by atoms with Crippen LogP contribution in [0.5, 0.6) is 5.75 Å². The summed E-state index contributed by atoms with van der Waals surface area (Å²) in [6, 6.07) is 4.29. The average Bonchev–Trinajstić information content (AvgIpc) is 2.86. The molecule has 37 heavy (non-hydrogen) atoms. The van der Waals surface area contributed by atoms with Gasteiger partial charge in [0.05, 0.1) is 18.4 Å². The Kier molecular flexibility index (Phi) is 24.9. The third kappa shape index (κ3) is 19.2. The molecule has 1 atom stereocenters. The molecule has 1 unspecified atom stereocenters. The number of methoxy groups -OCH3 is 1. The molecule has 0 bridgehead atoms. The predicted molar refractivity (Wildman–Crippen MR) is 156 cm³/mol. The Morgan fingerprint density at radius 1 is 1.19 bits per heavy atom. The van der Waals surface area contributed by atoms with Gasteiger partial charge in [0.25, 0.3) is 0 Å². The SMILES string of the molecule is C=C(C=O)/C(=C\NC)NC.CCCCC(CC)C(C)(C)C.CCCN.COc1cccc(F)c1C(C)=O. The van der Waals surface area contributed by atoms with Crippen molar-refractivity contribution >= 4 is 12.1 Å². The highest BCUT2D eigenvalue weighted by atomic mass is 19.1. The van der Waals surface area contributed by atoms with Gasteiger partial charge in [-0.15, -0.1) is 0 Å². The fourth-order valence-electron chi connectivity index (χ4n) is 3.25. The second kappa shape index (κ2) is 23.7. The summed E-state index contributed by atoms with van der Waals surface area (Å²) in [5, 5.41) is 5.61. The molecular weight excluding hydrogens is 469 g/mol. The molecule has 4 N–H and O–H groups in total. The molecule has 0 heterocycles. The molecule has 1 aromatic carbocycles. The Bertz CT molecular complexity index is 785. The molecule has 1 rings (SSSR count). The van der Waals surface area contributed by atoms with E-state index in [2.05, 4.69) is 58.8 Å². The zero-order valence-electron chi connectivity index (χ0n) is 25.1. The van der Waals surface area contributed by atoms with E-state index in [-0.39, 0.29) is 17.1 Å². The molecule has 0 aromatic heterocycles. The maximum atomic E-state index is 13.0. The number of halogens is 1. The lowest BCUT2D eigenvalue weighted by Crippen LogP contribution is -2.19. The van der Waals surface area contributed by atoms with E-state index in [1.165, 1.54) is 51.8 Å². The van der Waals surface area contributed by atoms with Gasteiger partial charge in [0.2, 0.25) is 0 Å². The number of unbranched alkanes of at least 4 members (excludes halogenated alkanes) is 1. The lowest BCUT2D eigenvalue weighted by molar-refractivity contribution is -0.104. The number of hydrogen-bond acceptors (Lipinski definition) is 6. The van der Waals surface area contributed by atoms with Crippen molar-refractivity contribution < 1.29 is 18.7 Å². The van der Waals surface area contributed by atoms with Gasteiger partial charge in [0, 0.05) is 25.9 Å². The number of nitrogens with two attached hydrogens (primary N) is 1. The maximum Gasteiger partial charge on any atom is 0.166 e. The largest absolute Gasteiger partial charge is 0.496 e. The zero-order chi connectivity index (χ0) is 29.4. The number of nitrogens with one attached hydrogen (secondary N) is 2. The van der Waals surface area contributed by atoms with Gasteiger partial charge in [0.1, 0.15) is 11.6 Å². The normalized spacial score (nSPS) is 11.2. The molecule has 0 aliphatic carbocycles. The topological polar surface area (TPSA) is 93.5 Å². The number of Topliss-reactive ketones (excluding diaryl/α,β-unsaturated/α-hetero) is 1. The van der Waals surface area contributed by atoms with Gasteiger partial charge in [-0.05, 0) is 49.8 Å². The summed E-state index contributed by atoms with van der Waals surface area (Å²) in [6.07, 6.45) is 8.97. The Hall–Kier alpha value is -2.67. The molecule has 0 radical (unpaired) electrons. The standard InChI is InChI=1S/C11H24.C9H9FO2.C7H12N2O.C3H9N/c1-6-8-9-10(7-2)11(3,4)5;1-6(11)9-7(10)4-3-5-8(9)12-2;1-6(5-10)7(9-3)4-8-2;1-2-3-4/h10H,6-9H2,1-5H3;3-5H,1-2H3;4-5,8-9H,1H2,2-3H3;2-4H2,1H3/b;;7-4+;. The van der Waals surface area contributed by atoms with E-state index in [0.29, 0.717) is 23.0 Å². The van der Waals surface area contributed by atoms with Crippen LogP contribution in [0.15, 0.2) is 42.2 Å². The quantitative estimate of drug-likeness (QED) is 0.130. The summed E-state index contributed by atoms with van der Waals surface area (Å²) < 4.78 is 17.8. The van der Waals surface area contributed by atoms with E-state index < -0.39 is 5.82 Å². The van der Waals surface area contributed by atoms with E-state index in [4.69, 9.17) is 10.5 Å². The lowest BCUT2D eigenvalue weighted by Gasteiger charge is -2.29. The second-order valence-corrected chi connectivity index (χ2v) is 9.52. The van der Waals surface area contributed by atoms with Crippen LogP contribution in [-0.4, -0.2) is 39.8 Å². The van der Waals surface area contributed by atoms with Gasteiger partial charge in [0.15, 0.2) is 12.1 Å². The second-order valence-electron chi connectivity index (χ2n) is 9.52. The molecule has 0 saturated heterocycles. The number of rotatable bonds is 11. The number of allylic oxidation sites excluding steroid dienone is 1. The number of ketones is 1. The van der Waals surface area contributed by atoms with Crippen molar-refractivity contribution in [2.75, 3.05) is 27.7 Å². The molecule has 0 aliphatic rings. The molecule has 0 fully saturated rings. The number of likely N-dealkylation sites (N-methyl/N-ethyl adjacent to an activating group) is 1. The Morgan fingerprint density at radius 2 is 1.76 bits per heavy atom. The van der Waals surface area contributed by atoms with Crippen LogP contribution in [0.25, 0.3) is 0 Å². The van der Waals surface area contributed by atoms with Crippen LogP contribution >= 0.6 is 0 Å². The van der Waals surface area contributed by atoms with E-state index in [1.54, 1.807) is 26.4 Å². The van der Waals surface area contributed by atoms with E-state index >= 15 is 0 Å². The Morgan fingerprint density at radius 3 is 2.05 bits per heavy atom. The molecule has 0 aliphatic heterocycles. The highest BCUT2D eigenvalue weighted by Crippen LogP contribution is 2.32. The third-order valence-corrected chi connectivity index (χ3v) is 5.51. The molecule has 214 valence electrons. The first-order chi connectivity index (χ1) is 17.4. The maximum absolute atomic E-state index is 13.0. The Labute approximate surface area is 226 Å². The van der Waals surface area contributed by atoms with Gasteiger partial charge in [-0.25, -0.2) is 4.39 Å². The van der Waals surface area contributed by atoms with Crippen molar-refractivity contribution in [1.29, 1.82) is 0 Å². The van der Waals surface area contributed by atoms with Gasteiger partial charge in [-0.2, -0.15) is 0 Å². The van der Waals surface area contributed by atoms with E-state index in [9.17, 15) is 14.0 Å². The summed E-state index contributed by atoms with van der Waals surface area (Å²) in [5.74, 6) is 0.330. The number of benzene rings is 1. The predicted octanol–water partition coefficient (Wildman–Crippen LogP) is 6.66. The van der Waals surface area contributed by atoms with Crippen LogP contribution in [0.3, 0.4) is 0 Å². The monoisotopic (exact) mass is 523 g/mol. The minimum absolute atomic E-state index is 0.0139. The molecule has 0 saturated carbocycles. The van der Waals surface area contributed by atoms with Gasteiger partial charge < -0.3 is 21.1 Å². The van der Waals surface area contributed by atoms with Crippen LogP contribution in [0.2, 0.25) is 0 Å². The molecule has 0 spiro atoms. The van der Waals surface area contributed by atoms with E-state index in [0.717, 1.165) is 18.9 Å². The fraction of sp³-hybridized carbons (Fsp3) is 0.600. The van der Waals surface area contributed by atoms with Gasteiger partial charge in [-0.1, -0.05) is 73.5 Å². The lowest BCUT2D eigenvalue weighted by atomic mass is 9.76. The van der Waals surface area contributed by atoms with Crippen molar-refractivity contribution in [2.45, 2.75) is 80.6 Å². The van der Waals surface area contributed by atoms with Crippen LogP contribution in [0.4, 0.5) is 4.39 Å². The average molecular weight is 524 g/mol. The molecule has 0 amide bonds. The smallest absolute Gasteiger partial charge is 0.166 e. The van der Waals surface area contributed by atoms with Crippen LogP contribution in [0, 0.1) is 17.2 Å². The summed E-state index contributed by atoms with van der Waals surface area (Å²) in [5.41, 5.74) is 6.71. The van der Waals surface area contributed by atoms with Crippen molar-refractivity contribution in [3.05, 3.63) is 53.6 Å². The summed E-state index contributed by atoms with van der Waals surface area (Å²) in [7, 11) is 4.90. The number of carbonyl (C=O) groups excluding carboxylic acids is 2. The first-order valence-corrected chi connectivity index (χ1v) is 13.1. The molecule has 1 aromatic rings. The molecular formula is C30H54FN3O3. The third-order valence-electron chi connectivity index (χ3n) is 5.51. The minimum atomic E-state index is -0.540. The summed E-state index contributed by atoms with van der Waals surface area (Å²) >= 11 is 0. The highest BCUT2D eigenvalue weighted by Gasteiger charge is 2.21. The van der Waals surface area contributed by atoms with Crippen molar-refractivity contribution in [2.24, 2.45) is 17.1 Å². The number of carbonyl (C=O) groups is 2. The highest BCUT2D eigenvalue weighted by molar-refractivity contribution is 5.97.